The summed E-state index contributed by atoms with van der Waals surface area (Å²) in [6, 6.07) is 9.68. The molecular formula is C14H21NO2. The molecule has 1 rings (SSSR count). The van der Waals surface area contributed by atoms with Crippen molar-refractivity contribution in [2.45, 2.75) is 33.3 Å². The van der Waals surface area contributed by atoms with Crippen LogP contribution in [0.5, 0.6) is 0 Å². The molecule has 0 heterocycles. The first-order chi connectivity index (χ1) is 8.22. The summed E-state index contributed by atoms with van der Waals surface area (Å²) in [4.78, 5) is 11.4. The van der Waals surface area contributed by atoms with Gasteiger partial charge in [-0.1, -0.05) is 50.6 Å². The average Bonchev–Trinajstić information content (AvgIpc) is 2.35. The zero-order valence-corrected chi connectivity index (χ0v) is 10.6. The molecule has 1 amide bonds. The smallest absolute Gasteiger partial charge is 0.407 e. The lowest BCUT2D eigenvalue weighted by Gasteiger charge is -2.11. The molecule has 0 spiro atoms. The second kappa shape index (κ2) is 7.71. The van der Waals surface area contributed by atoms with E-state index in [1.54, 1.807) is 0 Å². The molecule has 0 unspecified atom stereocenters. The Balaban J connectivity index is 2.17. The number of carbonyl (C=O) groups excluding carboxylic acids is 1. The normalized spacial score (nSPS) is 11.9. The Hall–Kier alpha value is -1.51. The van der Waals surface area contributed by atoms with E-state index in [1.165, 1.54) is 0 Å². The standard InChI is InChI=1S/C14H21NO2/c1-3-7-12(2)10-15-14(16)17-11-13-8-5-4-6-9-13/h4-6,8-9,12H,3,7,10-11H2,1-2H3,(H,15,16)/t12-/m0/s1. The summed E-state index contributed by atoms with van der Waals surface area (Å²) in [5.41, 5.74) is 1.00. The van der Waals surface area contributed by atoms with Crippen LogP contribution in [0.15, 0.2) is 30.3 Å². The molecule has 0 saturated carbocycles. The van der Waals surface area contributed by atoms with Gasteiger partial charge in [-0.05, 0) is 17.9 Å². The first-order valence-corrected chi connectivity index (χ1v) is 6.17. The average molecular weight is 235 g/mol. The molecular weight excluding hydrogens is 214 g/mol. The van der Waals surface area contributed by atoms with Gasteiger partial charge in [-0.2, -0.15) is 0 Å². The Morgan fingerprint density at radius 2 is 2.06 bits per heavy atom. The number of rotatable bonds is 6. The summed E-state index contributed by atoms with van der Waals surface area (Å²) in [6.45, 7) is 5.28. The quantitative estimate of drug-likeness (QED) is 0.821. The van der Waals surface area contributed by atoms with Crippen LogP contribution < -0.4 is 5.32 Å². The van der Waals surface area contributed by atoms with E-state index in [0.29, 0.717) is 19.1 Å². The highest BCUT2D eigenvalue weighted by atomic mass is 16.5. The van der Waals surface area contributed by atoms with Gasteiger partial charge in [0.2, 0.25) is 0 Å². The van der Waals surface area contributed by atoms with Crippen LogP contribution in [-0.4, -0.2) is 12.6 Å². The Labute approximate surface area is 103 Å². The van der Waals surface area contributed by atoms with Crippen LogP contribution in [0.3, 0.4) is 0 Å². The van der Waals surface area contributed by atoms with Gasteiger partial charge in [0, 0.05) is 6.54 Å². The zero-order chi connectivity index (χ0) is 12.5. The number of hydrogen-bond acceptors (Lipinski definition) is 2. The number of ether oxygens (including phenoxy) is 1. The summed E-state index contributed by atoms with van der Waals surface area (Å²) >= 11 is 0. The first-order valence-electron chi connectivity index (χ1n) is 6.17. The molecule has 0 aromatic heterocycles. The van der Waals surface area contributed by atoms with E-state index in [0.717, 1.165) is 18.4 Å². The van der Waals surface area contributed by atoms with Crippen LogP contribution in [0.25, 0.3) is 0 Å². The van der Waals surface area contributed by atoms with Gasteiger partial charge in [0.05, 0.1) is 0 Å². The van der Waals surface area contributed by atoms with E-state index in [2.05, 4.69) is 19.2 Å². The predicted molar refractivity (Wildman–Crippen MR) is 68.7 cm³/mol. The summed E-state index contributed by atoms with van der Waals surface area (Å²) in [7, 11) is 0. The molecule has 0 aliphatic carbocycles. The highest BCUT2D eigenvalue weighted by Gasteiger charge is 2.05. The molecule has 1 atom stereocenters. The van der Waals surface area contributed by atoms with Crippen molar-refractivity contribution in [3.05, 3.63) is 35.9 Å². The van der Waals surface area contributed by atoms with E-state index >= 15 is 0 Å². The molecule has 0 radical (unpaired) electrons. The Bertz CT molecular complexity index is 324. The lowest BCUT2D eigenvalue weighted by molar-refractivity contribution is 0.138. The number of hydrogen-bond donors (Lipinski definition) is 1. The first kappa shape index (κ1) is 13.6. The minimum atomic E-state index is -0.336. The summed E-state index contributed by atoms with van der Waals surface area (Å²) in [5, 5.41) is 2.78. The number of amides is 1. The minimum Gasteiger partial charge on any atom is -0.445 e. The van der Waals surface area contributed by atoms with E-state index < -0.39 is 0 Å². The summed E-state index contributed by atoms with van der Waals surface area (Å²) in [6.07, 6.45) is 1.93. The zero-order valence-electron chi connectivity index (χ0n) is 10.6. The SMILES string of the molecule is CCC[C@H](C)CNC(=O)OCc1ccccc1. The van der Waals surface area contributed by atoms with Crippen LogP contribution in [0.1, 0.15) is 32.3 Å². The topological polar surface area (TPSA) is 38.3 Å². The molecule has 0 aliphatic heterocycles. The van der Waals surface area contributed by atoms with E-state index in [9.17, 15) is 4.79 Å². The highest BCUT2D eigenvalue weighted by Crippen LogP contribution is 2.03. The molecule has 1 aromatic carbocycles. The van der Waals surface area contributed by atoms with Crippen LogP contribution in [-0.2, 0) is 11.3 Å². The fourth-order valence-electron chi connectivity index (χ4n) is 1.63. The molecule has 0 aliphatic rings. The fraction of sp³-hybridized carbons (Fsp3) is 0.500. The van der Waals surface area contributed by atoms with Crippen molar-refractivity contribution in [3.8, 4) is 0 Å². The van der Waals surface area contributed by atoms with Gasteiger partial charge in [-0.15, -0.1) is 0 Å². The molecule has 0 bridgehead atoms. The number of carbonyl (C=O) groups is 1. The van der Waals surface area contributed by atoms with Crippen molar-refractivity contribution in [2.75, 3.05) is 6.54 Å². The molecule has 3 nitrogen and oxygen atoms in total. The van der Waals surface area contributed by atoms with Crippen molar-refractivity contribution in [2.24, 2.45) is 5.92 Å². The maximum absolute atomic E-state index is 11.4. The fourth-order valence-corrected chi connectivity index (χ4v) is 1.63. The number of benzene rings is 1. The molecule has 0 fully saturated rings. The van der Waals surface area contributed by atoms with Crippen molar-refractivity contribution < 1.29 is 9.53 Å². The molecule has 3 heteroatoms. The van der Waals surface area contributed by atoms with Gasteiger partial charge in [0.25, 0.3) is 0 Å². The Morgan fingerprint density at radius 1 is 1.35 bits per heavy atom. The van der Waals surface area contributed by atoms with E-state index in [1.807, 2.05) is 30.3 Å². The van der Waals surface area contributed by atoms with Crippen LogP contribution >= 0.6 is 0 Å². The lowest BCUT2D eigenvalue weighted by atomic mass is 10.1. The van der Waals surface area contributed by atoms with Gasteiger partial charge in [0.1, 0.15) is 6.61 Å². The molecule has 0 saturated heterocycles. The number of alkyl carbamates (subject to hydrolysis) is 1. The maximum Gasteiger partial charge on any atom is 0.407 e. The monoisotopic (exact) mass is 235 g/mol. The van der Waals surface area contributed by atoms with Crippen molar-refractivity contribution >= 4 is 6.09 Å². The predicted octanol–water partition coefficient (Wildman–Crippen LogP) is 3.35. The highest BCUT2D eigenvalue weighted by molar-refractivity contribution is 5.67. The van der Waals surface area contributed by atoms with Gasteiger partial charge in [-0.3, -0.25) is 0 Å². The second-order valence-corrected chi connectivity index (χ2v) is 4.34. The van der Waals surface area contributed by atoms with Crippen molar-refractivity contribution in [3.63, 3.8) is 0 Å². The third-order valence-electron chi connectivity index (χ3n) is 2.59. The van der Waals surface area contributed by atoms with Gasteiger partial charge < -0.3 is 10.1 Å². The minimum absolute atomic E-state index is 0.328. The van der Waals surface area contributed by atoms with Gasteiger partial charge in [-0.25, -0.2) is 4.79 Å². The van der Waals surface area contributed by atoms with Gasteiger partial charge >= 0.3 is 6.09 Å². The summed E-state index contributed by atoms with van der Waals surface area (Å²) in [5.74, 6) is 0.504. The number of nitrogens with one attached hydrogen (secondary N) is 1. The van der Waals surface area contributed by atoms with E-state index in [4.69, 9.17) is 4.74 Å². The summed E-state index contributed by atoms with van der Waals surface area (Å²) < 4.78 is 5.11. The molecule has 1 N–H and O–H groups in total. The molecule has 1 aromatic rings. The van der Waals surface area contributed by atoms with Crippen molar-refractivity contribution in [1.82, 2.24) is 5.32 Å². The Morgan fingerprint density at radius 3 is 2.71 bits per heavy atom. The van der Waals surface area contributed by atoms with Gasteiger partial charge in [0.15, 0.2) is 0 Å². The molecule has 17 heavy (non-hydrogen) atoms. The second-order valence-electron chi connectivity index (χ2n) is 4.34. The third-order valence-corrected chi connectivity index (χ3v) is 2.59. The van der Waals surface area contributed by atoms with Crippen molar-refractivity contribution in [1.29, 1.82) is 0 Å². The maximum atomic E-state index is 11.4. The van der Waals surface area contributed by atoms with Crippen LogP contribution in [0, 0.1) is 5.92 Å². The lowest BCUT2D eigenvalue weighted by Crippen LogP contribution is -2.28. The van der Waals surface area contributed by atoms with Crippen LogP contribution in [0.4, 0.5) is 4.79 Å². The largest absolute Gasteiger partial charge is 0.445 e. The third kappa shape index (κ3) is 5.95. The molecule has 94 valence electrons. The van der Waals surface area contributed by atoms with E-state index in [-0.39, 0.29) is 6.09 Å². The Kier molecular flexibility index (Phi) is 6.15. The van der Waals surface area contributed by atoms with Crippen LogP contribution in [0.2, 0.25) is 0 Å².